The number of nitrogens with zero attached hydrogens (tertiary/aromatic N) is 1. The zero-order valence-corrected chi connectivity index (χ0v) is 10.3. The Morgan fingerprint density at radius 3 is 2.33 bits per heavy atom. The average molecular weight is 249 g/mol. The van der Waals surface area contributed by atoms with Gasteiger partial charge >= 0.3 is 5.97 Å². The molecule has 0 aromatic heterocycles. The van der Waals surface area contributed by atoms with Gasteiger partial charge in [-0.2, -0.15) is 0 Å². The molecule has 0 unspecified atom stereocenters. The van der Waals surface area contributed by atoms with Crippen molar-refractivity contribution in [2.75, 3.05) is 19.1 Å². The van der Waals surface area contributed by atoms with Gasteiger partial charge in [0.15, 0.2) is 0 Å². The van der Waals surface area contributed by atoms with E-state index in [-0.39, 0.29) is 11.8 Å². The van der Waals surface area contributed by atoms with Gasteiger partial charge in [0.2, 0.25) is 5.91 Å². The fourth-order valence-electron chi connectivity index (χ4n) is 1.92. The molecule has 1 amide bonds. The summed E-state index contributed by atoms with van der Waals surface area (Å²) in [4.78, 5) is 24.2. The second-order valence-corrected chi connectivity index (χ2v) is 4.38. The number of anilines is 1. The van der Waals surface area contributed by atoms with E-state index in [1.165, 1.54) is 4.90 Å². The summed E-state index contributed by atoms with van der Waals surface area (Å²) < 4.78 is 5.04. The van der Waals surface area contributed by atoms with Crippen molar-refractivity contribution >= 4 is 17.6 Å². The predicted octanol–water partition coefficient (Wildman–Crippen LogP) is 1.38. The molecule has 0 heterocycles. The van der Waals surface area contributed by atoms with Crippen LogP contribution in [-0.4, -0.2) is 31.1 Å². The fraction of sp³-hybridized carbons (Fsp3) is 0.385. The number of carboxylic acid groups (broad SMARTS) is 1. The number of carbonyl (C=O) groups is 2. The maximum absolute atomic E-state index is 12.0. The van der Waals surface area contributed by atoms with Crippen LogP contribution in [0.4, 0.5) is 5.69 Å². The molecule has 2 atom stereocenters. The molecule has 1 saturated carbocycles. The van der Waals surface area contributed by atoms with E-state index in [9.17, 15) is 9.59 Å². The van der Waals surface area contributed by atoms with Crippen LogP contribution in [0, 0.1) is 11.8 Å². The molecule has 0 bridgehead atoms. The fourth-order valence-corrected chi connectivity index (χ4v) is 1.92. The highest BCUT2D eigenvalue weighted by Gasteiger charge is 2.49. The van der Waals surface area contributed by atoms with Crippen LogP contribution >= 0.6 is 0 Å². The molecule has 1 aromatic rings. The number of methoxy groups -OCH3 is 1. The first kappa shape index (κ1) is 12.4. The van der Waals surface area contributed by atoms with E-state index in [2.05, 4.69) is 0 Å². The van der Waals surface area contributed by atoms with Crippen molar-refractivity contribution in [1.29, 1.82) is 0 Å². The van der Waals surface area contributed by atoms with Gasteiger partial charge < -0.3 is 14.7 Å². The molecule has 0 saturated heterocycles. The summed E-state index contributed by atoms with van der Waals surface area (Å²) in [7, 11) is 3.23. The van der Waals surface area contributed by atoms with Crippen molar-refractivity contribution in [3.8, 4) is 5.75 Å². The number of ether oxygens (including phenoxy) is 1. The number of carboxylic acids is 1. The summed E-state index contributed by atoms with van der Waals surface area (Å²) in [5.74, 6) is -1.22. The van der Waals surface area contributed by atoms with Gasteiger partial charge in [0.05, 0.1) is 18.9 Å². The Labute approximate surface area is 105 Å². The number of hydrogen-bond donors (Lipinski definition) is 1. The molecule has 5 heteroatoms. The van der Waals surface area contributed by atoms with Gasteiger partial charge in [-0.3, -0.25) is 9.59 Å². The number of amides is 1. The first-order valence-corrected chi connectivity index (χ1v) is 5.69. The lowest BCUT2D eigenvalue weighted by molar-refractivity contribution is -0.139. The summed E-state index contributed by atoms with van der Waals surface area (Å²) >= 11 is 0. The van der Waals surface area contributed by atoms with E-state index in [1.807, 2.05) is 0 Å². The maximum Gasteiger partial charge on any atom is 0.307 e. The third kappa shape index (κ3) is 2.30. The third-order valence-electron chi connectivity index (χ3n) is 3.22. The maximum atomic E-state index is 12.0. The minimum Gasteiger partial charge on any atom is -0.497 e. The summed E-state index contributed by atoms with van der Waals surface area (Å²) in [5, 5.41) is 8.81. The molecular weight excluding hydrogens is 234 g/mol. The molecular formula is C13H15NO4. The Hall–Kier alpha value is -2.04. The molecule has 2 rings (SSSR count). The molecule has 1 aliphatic rings. The Balaban J connectivity index is 2.04. The van der Waals surface area contributed by atoms with Crippen molar-refractivity contribution in [3.05, 3.63) is 24.3 Å². The van der Waals surface area contributed by atoms with E-state index < -0.39 is 11.9 Å². The molecule has 0 spiro atoms. The van der Waals surface area contributed by atoms with Crippen LogP contribution in [-0.2, 0) is 9.59 Å². The van der Waals surface area contributed by atoms with E-state index in [1.54, 1.807) is 38.4 Å². The average Bonchev–Trinajstić information content (AvgIpc) is 3.17. The van der Waals surface area contributed by atoms with E-state index in [0.29, 0.717) is 6.42 Å². The number of hydrogen-bond acceptors (Lipinski definition) is 3. The minimum absolute atomic E-state index is 0.146. The summed E-state index contributed by atoms with van der Waals surface area (Å²) in [6, 6.07) is 7.07. The van der Waals surface area contributed by atoms with Gasteiger partial charge in [-0.15, -0.1) is 0 Å². The highest BCUT2D eigenvalue weighted by molar-refractivity contribution is 5.99. The first-order valence-electron chi connectivity index (χ1n) is 5.69. The van der Waals surface area contributed by atoms with Gasteiger partial charge in [0, 0.05) is 12.7 Å². The molecule has 1 aromatic carbocycles. The monoisotopic (exact) mass is 249 g/mol. The number of rotatable bonds is 4. The van der Waals surface area contributed by atoms with Crippen molar-refractivity contribution in [2.24, 2.45) is 11.8 Å². The topological polar surface area (TPSA) is 66.8 Å². The molecule has 1 N–H and O–H groups in total. The Bertz CT molecular complexity index is 468. The number of carbonyl (C=O) groups excluding carboxylic acids is 1. The van der Waals surface area contributed by atoms with E-state index in [4.69, 9.17) is 9.84 Å². The highest BCUT2D eigenvalue weighted by Crippen LogP contribution is 2.40. The molecule has 0 radical (unpaired) electrons. The molecule has 1 aliphatic carbocycles. The molecule has 1 fully saturated rings. The van der Waals surface area contributed by atoms with Gasteiger partial charge in [-0.1, -0.05) is 0 Å². The van der Waals surface area contributed by atoms with Gasteiger partial charge in [0.25, 0.3) is 0 Å². The van der Waals surface area contributed by atoms with Crippen LogP contribution in [0.25, 0.3) is 0 Å². The smallest absolute Gasteiger partial charge is 0.307 e. The molecule has 18 heavy (non-hydrogen) atoms. The van der Waals surface area contributed by atoms with Gasteiger partial charge in [-0.25, -0.2) is 0 Å². The Morgan fingerprint density at radius 2 is 1.89 bits per heavy atom. The van der Waals surface area contributed by atoms with Crippen LogP contribution in [0.1, 0.15) is 6.42 Å². The zero-order valence-electron chi connectivity index (χ0n) is 10.3. The lowest BCUT2D eigenvalue weighted by Crippen LogP contribution is -2.28. The standard InChI is InChI=1S/C13H15NO4/c1-14(8-3-5-9(18-2)6-4-8)12(15)10-7-11(10)13(16)17/h3-6,10-11H,7H2,1-2H3,(H,16,17)/t10-,11+/m1/s1. The quantitative estimate of drug-likeness (QED) is 0.875. The third-order valence-corrected chi connectivity index (χ3v) is 3.22. The second-order valence-electron chi connectivity index (χ2n) is 4.38. The van der Waals surface area contributed by atoms with Crippen LogP contribution < -0.4 is 9.64 Å². The summed E-state index contributed by atoms with van der Waals surface area (Å²) in [6.45, 7) is 0. The van der Waals surface area contributed by atoms with Crippen molar-refractivity contribution in [2.45, 2.75) is 6.42 Å². The van der Waals surface area contributed by atoms with E-state index in [0.717, 1.165) is 11.4 Å². The summed E-state index contributed by atoms with van der Waals surface area (Å²) in [5.41, 5.74) is 0.733. The van der Waals surface area contributed by atoms with E-state index >= 15 is 0 Å². The first-order chi connectivity index (χ1) is 8.54. The van der Waals surface area contributed by atoms with Gasteiger partial charge in [0.1, 0.15) is 5.75 Å². The van der Waals surface area contributed by atoms with Crippen LogP contribution in [0.2, 0.25) is 0 Å². The minimum atomic E-state index is -0.892. The zero-order chi connectivity index (χ0) is 13.3. The SMILES string of the molecule is COc1ccc(N(C)C(=O)[C@@H]2C[C@@H]2C(=O)O)cc1. The van der Waals surface area contributed by atoms with Gasteiger partial charge in [-0.05, 0) is 30.7 Å². The number of benzene rings is 1. The molecule has 96 valence electrons. The lowest BCUT2D eigenvalue weighted by atomic mass is 10.2. The number of aliphatic carboxylic acids is 1. The molecule has 0 aliphatic heterocycles. The van der Waals surface area contributed by atoms with Crippen LogP contribution in [0.3, 0.4) is 0 Å². The molecule has 5 nitrogen and oxygen atoms in total. The predicted molar refractivity (Wildman–Crippen MR) is 65.6 cm³/mol. The second kappa shape index (κ2) is 4.68. The highest BCUT2D eigenvalue weighted by atomic mass is 16.5. The largest absolute Gasteiger partial charge is 0.497 e. The van der Waals surface area contributed by atoms with Crippen molar-refractivity contribution < 1.29 is 19.4 Å². The Kier molecular flexibility index (Phi) is 3.23. The van der Waals surface area contributed by atoms with Crippen LogP contribution in [0.5, 0.6) is 5.75 Å². The summed E-state index contributed by atoms with van der Waals surface area (Å²) in [6.07, 6.45) is 0.439. The van der Waals surface area contributed by atoms with Crippen molar-refractivity contribution in [3.63, 3.8) is 0 Å². The van der Waals surface area contributed by atoms with Crippen molar-refractivity contribution in [1.82, 2.24) is 0 Å². The normalized spacial score (nSPS) is 21.2. The lowest BCUT2D eigenvalue weighted by Gasteiger charge is -2.17. The van der Waals surface area contributed by atoms with Crippen LogP contribution in [0.15, 0.2) is 24.3 Å². The Morgan fingerprint density at radius 1 is 1.28 bits per heavy atom.